The van der Waals surface area contributed by atoms with Crippen LogP contribution in [0.2, 0.25) is 0 Å². The summed E-state index contributed by atoms with van der Waals surface area (Å²) < 4.78 is 0. The molecular formula is C23H22N2O. The van der Waals surface area contributed by atoms with Gasteiger partial charge < -0.3 is 4.90 Å². The van der Waals surface area contributed by atoms with Crippen LogP contribution in [0.4, 0.5) is 0 Å². The lowest BCUT2D eigenvalue weighted by molar-refractivity contribution is 0.0729. The molecule has 1 amide bonds. The molecule has 0 fully saturated rings. The standard InChI is InChI=1S/C23H22N2O/c1-16-19(13-14-21(24-16)18-9-4-3-5-10-18)23(26)25(2)22-15-12-17-8-6-7-11-20(17)22/h3-11,13-14,22H,12,15H2,1-2H3/t22-/m0/s1. The molecule has 0 saturated heterocycles. The fraction of sp³-hybridized carbons (Fsp3) is 0.217. The molecule has 0 aliphatic heterocycles. The molecule has 26 heavy (non-hydrogen) atoms. The largest absolute Gasteiger partial charge is 0.335 e. The second kappa shape index (κ2) is 6.75. The van der Waals surface area contributed by atoms with Crippen LogP contribution in [0.1, 0.15) is 39.6 Å². The van der Waals surface area contributed by atoms with Crippen LogP contribution in [0.25, 0.3) is 11.3 Å². The van der Waals surface area contributed by atoms with E-state index in [4.69, 9.17) is 0 Å². The topological polar surface area (TPSA) is 33.2 Å². The number of carbonyl (C=O) groups is 1. The van der Waals surface area contributed by atoms with Gasteiger partial charge in [0.15, 0.2) is 0 Å². The molecule has 0 bridgehead atoms. The van der Waals surface area contributed by atoms with Crippen molar-refractivity contribution in [3.63, 3.8) is 0 Å². The van der Waals surface area contributed by atoms with Crippen molar-refractivity contribution >= 4 is 5.91 Å². The summed E-state index contributed by atoms with van der Waals surface area (Å²) in [4.78, 5) is 19.6. The van der Waals surface area contributed by atoms with Gasteiger partial charge in [0, 0.05) is 12.6 Å². The van der Waals surface area contributed by atoms with Crippen LogP contribution in [0.15, 0.2) is 66.7 Å². The molecule has 3 heteroatoms. The van der Waals surface area contributed by atoms with Gasteiger partial charge in [-0.05, 0) is 43.0 Å². The minimum absolute atomic E-state index is 0.0383. The molecule has 3 nitrogen and oxygen atoms in total. The number of hydrogen-bond acceptors (Lipinski definition) is 2. The predicted molar refractivity (Wildman–Crippen MR) is 104 cm³/mol. The summed E-state index contributed by atoms with van der Waals surface area (Å²) in [5, 5.41) is 0. The first-order valence-electron chi connectivity index (χ1n) is 9.03. The summed E-state index contributed by atoms with van der Waals surface area (Å²) in [6.45, 7) is 1.91. The highest BCUT2D eigenvalue weighted by atomic mass is 16.2. The van der Waals surface area contributed by atoms with Crippen LogP contribution in [0.5, 0.6) is 0 Å². The normalized spacial score (nSPS) is 15.5. The van der Waals surface area contributed by atoms with Crippen molar-refractivity contribution < 1.29 is 4.79 Å². The molecule has 1 aromatic heterocycles. The van der Waals surface area contributed by atoms with Crippen LogP contribution in [0, 0.1) is 6.92 Å². The maximum absolute atomic E-state index is 13.1. The minimum Gasteiger partial charge on any atom is -0.335 e. The smallest absolute Gasteiger partial charge is 0.255 e. The zero-order valence-corrected chi connectivity index (χ0v) is 15.1. The molecule has 130 valence electrons. The van der Waals surface area contributed by atoms with Gasteiger partial charge in [0.25, 0.3) is 5.91 Å². The summed E-state index contributed by atoms with van der Waals surface area (Å²) >= 11 is 0. The van der Waals surface area contributed by atoms with E-state index >= 15 is 0 Å². The molecule has 0 unspecified atom stereocenters. The van der Waals surface area contributed by atoms with Crippen molar-refractivity contribution in [2.24, 2.45) is 0 Å². The fourth-order valence-corrected chi connectivity index (χ4v) is 3.83. The van der Waals surface area contributed by atoms with Gasteiger partial charge in [0.1, 0.15) is 0 Å². The minimum atomic E-state index is 0.0383. The number of rotatable bonds is 3. The Morgan fingerprint density at radius 2 is 1.73 bits per heavy atom. The van der Waals surface area contributed by atoms with Gasteiger partial charge in [0.2, 0.25) is 0 Å². The summed E-state index contributed by atoms with van der Waals surface area (Å²) in [5.74, 6) is 0.0383. The third-order valence-electron chi connectivity index (χ3n) is 5.27. The van der Waals surface area contributed by atoms with Gasteiger partial charge in [-0.15, -0.1) is 0 Å². The van der Waals surface area contributed by atoms with E-state index in [2.05, 4.69) is 29.2 Å². The number of aromatic nitrogens is 1. The summed E-state index contributed by atoms with van der Waals surface area (Å²) in [6.07, 6.45) is 2.01. The van der Waals surface area contributed by atoms with Gasteiger partial charge in [-0.1, -0.05) is 54.6 Å². The zero-order chi connectivity index (χ0) is 18.1. The van der Waals surface area contributed by atoms with Gasteiger partial charge in [-0.25, -0.2) is 0 Å². The molecule has 1 aliphatic carbocycles. The van der Waals surface area contributed by atoms with Gasteiger partial charge in [-0.2, -0.15) is 0 Å². The van der Waals surface area contributed by atoms with E-state index in [1.165, 1.54) is 11.1 Å². The zero-order valence-electron chi connectivity index (χ0n) is 15.1. The Morgan fingerprint density at radius 3 is 2.50 bits per heavy atom. The van der Waals surface area contributed by atoms with E-state index in [0.717, 1.165) is 29.8 Å². The Bertz CT molecular complexity index is 949. The Balaban J connectivity index is 1.61. The van der Waals surface area contributed by atoms with E-state index in [9.17, 15) is 4.79 Å². The van der Waals surface area contributed by atoms with E-state index in [-0.39, 0.29) is 11.9 Å². The van der Waals surface area contributed by atoms with E-state index < -0.39 is 0 Å². The maximum atomic E-state index is 13.1. The molecule has 0 saturated carbocycles. The van der Waals surface area contributed by atoms with Crippen LogP contribution in [-0.2, 0) is 6.42 Å². The predicted octanol–water partition coefficient (Wildman–Crippen LogP) is 4.82. The highest BCUT2D eigenvalue weighted by Gasteiger charge is 2.29. The number of aryl methyl sites for hydroxylation is 2. The average molecular weight is 342 g/mol. The number of hydrogen-bond donors (Lipinski definition) is 0. The molecule has 1 aliphatic rings. The lowest BCUT2D eigenvalue weighted by Gasteiger charge is -2.26. The Morgan fingerprint density at radius 1 is 1.00 bits per heavy atom. The van der Waals surface area contributed by atoms with E-state index in [1.807, 2.05) is 61.3 Å². The summed E-state index contributed by atoms with van der Waals surface area (Å²) in [5.41, 5.74) is 6.04. The quantitative estimate of drug-likeness (QED) is 0.684. The molecule has 0 spiro atoms. The molecule has 2 aromatic carbocycles. The highest BCUT2D eigenvalue weighted by Crippen LogP contribution is 2.35. The van der Waals surface area contributed by atoms with Gasteiger partial charge >= 0.3 is 0 Å². The molecule has 1 atom stereocenters. The second-order valence-electron chi connectivity index (χ2n) is 6.86. The molecule has 3 aromatic rings. The summed E-state index contributed by atoms with van der Waals surface area (Å²) in [6, 6.07) is 22.5. The fourth-order valence-electron chi connectivity index (χ4n) is 3.83. The lowest BCUT2D eigenvalue weighted by Crippen LogP contribution is -2.30. The van der Waals surface area contributed by atoms with Crippen molar-refractivity contribution in [1.82, 2.24) is 9.88 Å². The second-order valence-corrected chi connectivity index (χ2v) is 6.86. The maximum Gasteiger partial charge on any atom is 0.255 e. The summed E-state index contributed by atoms with van der Waals surface area (Å²) in [7, 11) is 1.90. The van der Waals surface area contributed by atoms with Gasteiger partial charge in [-0.3, -0.25) is 9.78 Å². The number of fused-ring (bicyclic) bond motifs is 1. The first-order chi connectivity index (χ1) is 12.6. The van der Waals surface area contributed by atoms with E-state index in [0.29, 0.717) is 5.56 Å². The Labute approximate surface area is 154 Å². The Hall–Kier alpha value is -2.94. The molecular weight excluding hydrogens is 320 g/mol. The Kier molecular flexibility index (Phi) is 4.29. The van der Waals surface area contributed by atoms with Crippen LogP contribution >= 0.6 is 0 Å². The van der Waals surface area contributed by atoms with E-state index in [1.54, 1.807) is 0 Å². The van der Waals surface area contributed by atoms with Gasteiger partial charge in [0.05, 0.1) is 23.0 Å². The third kappa shape index (κ3) is 2.90. The number of carbonyl (C=O) groups excluding carboxylic acids is 1. The lowest BCUT2D eigenvalue weighted by atomic mass is 10.0. The third-order valence-corrected chi connectivity index (χ3v) is 5.27. The first kappa shape index (κ1) is 16.5. The number of nitrogens with zero attached hydrogens (tertiary/aromatic N) is 2. The SMILES string of the molecule is Cc1nc(-c2ccccc2)ccc1C(=O)N(C)[C@H]1CCc2ccccc21. The number of amides is 1. The van der Waals surface area contributed by atoms with Crippen molar-refractivity contribution in [2.45, 2.75) is 25.8 Å². The average Bonchev–Trinajstić information content (AvgIpc) is 3.11. The first-order valence-corrected chi connectivity index (χ1v) is 9.03. The van der Waals surface area contributed by atoms with Crippen LogP contribution < -0.4 is 0 Å². The molecule has 0 N–H and O–H groups in total. The molecule has 0 radical (unpaired) electrons. The van der Waals surface area contributed by atoms with Crippen molar-refractivity contribution in [2.75, 3.05) is 7.05 Å². The van der Waals surface area contributed by atoms with Crippen molar-refractivity contribution in [3.05, 3.63) is 89.1 Å². The molecule has 1 heterocycles. The highest BCUT2D eigenvalue weighted by molar-refractivity contribution is 5.95. The molecule has 4 rings (SSSR count). The number of benzene rings is 2. The monoisotopic (exact) mass is 342 g/mol. The van der Waals surface area contributed by atoms with Crippen LogP contribution in [0.3, 0.4) is 0 Å². The van der Waals surface area contributed by atoms with Crippen molar-refractivity contribution in [1.29, 1.82) is 0 Å². The number of pyridine rings is 1. The van der Waals surface area contributed by atoms with Crippen LogP contribution in [-0.4, -0.2) is 22.8 Å². The van der Waals surface area contributed by atoms with Crippen molar-refractivity contribution in [3.8, 4) is 11.3 Å².